The van der Waals surface area contributed by atoms with Gasteiger partial charge in [0.25, 0.3) is 11.8 Å². The van der Waals surface area contributed by atoms with Crippen molar-refractivity contribution in [2.24, 2.45) is 0 Å². The second kappa shape index (κ2) is 9.51. The predicted octanol–water partition coefficient (Wildman–Crippen LogP) is 4.81. The molecule has 4 rings (SSSR count). The molecule has 2 amide bonds. The minimum Gasteiger partial charge on any atom is -0.267 e. The number of carbonyl (C=O) groups is 2. The summed E-state index contributed by atoms with van der Waals surface area (Å²) in [5, 5.41) is 0.928. The third-order valence-electron chi connectivity index (χ3n) is 4.91. The number of hydrazine groups is 1. The van der Waals surface area contributed by atoms with Crippen molar-refractivity contribution in [3.05, 3.63) is 112 Å². The number of para-hydroxylation sites is 1. The Bertz CT molecular complexity index is 1440. The molecule has 0 saturated heterocycles. The third-order valence-corrected chi connectivity index (χ3v) is 5.23. The average Bonchev–Trinajstić information content (AvgIpc) is 2.81. The van der Waals surface area contributed by atoms with E-state index >= 15 is 0 Å². The molecule has 0 aliphatic carbocycles. The SMILES string of the molecule is Cc1ccc(C(=O)NNC(=O)c2c(F)cccc2Cl)cc1C#Cc1cnc2ccccc2c1. The van der Waals surface area contributed by atoms with Gasteiger partial charge < -0.3 is 0 Å². The molecule has 0 radical (unpaired) electrons. The zero-order chi connectivity index (χ0) is 23.4. The fraction of sp³-hybridized carbons (Fsp3) is 0.0385. The van der Waals surface area contributed by atoms with Gasteiger partial charge in [0.2, 0.25) is 0 Å². The van der Waals surface area contributed by atoms with E-state index in [1.807, 2.05) is 37.3 Å². The number of fused-ring (bicyclic) bond motifs is 1. The monoisotopic (exact) mass is 457 g/mol. The number of nitrogens with zero attached hydrogens (tertiary/aromatic N) is 1. The third kappa shape index (κ3) is 5.00. The molecule has 7 heteroatoms. The highest BCUT2D eigenvalue weighted by Gasteiger charge is 2.17. The molecule has 0 fully saturated rings. The Kier molecular flexibility index (Phi) is 6.34. The van der Waals surface area contributed by atoms with Crippen molar-refractivity contribution in [2.45, 2.75) is 6.92 Å². The number of hydrogen-bond acceptors (Lipinski definition) is 3. The summed E-state index contributed by atoms with van der Waals surface area (Å²) in [4.78, 5) is 29.1. The number of pyridine rings is 1. The van der Waals surface area contributed by atoms with E-state index in [1.165, 1.54) is 12.1 Å². The first-order valence-electron chi connectivity index (χ1n) is 9.94. The van der Waals surface area contributed by atoms with Crippen LogP contribution in [0.4, 0.5) is 4.39 Å². The molecule has 0 spiro atoms. The van der Waals surface area contributed by atoms with Gasteiger partial charge >= 0.3 is 0 Å². The van der Waals surface area contributed by atoms with Crippen molar-refractivity contribution >= 4 is 34.3 Å². The van der Waals surface area contributed by atoms with Crippen LogP contribution in [0.5, 0.6) is 0 Å². The number of rotatable bonds is 2. The molecule has 4 aromatic rings. The van der Waals surface area contributed by atoms with Crippen molar-refractivity contribution in [2.75, 3.05) is 0 Å². The number of aryl methyl sites for hydroxylation is 1. The van der Waals surface area contributed by atoms with E-state index in [4.69, 9.17) is 11.6 Å². The molecule has 1 heterocycles. The lowest BCUT2D eigenvalue weighted by molar-refractivity contribution is 0.0844. The largest absolute Gasteiger partial charge is 0.274 e. The van der Waals surface area contributed by atoms with E-state index in [1.54, 1.807) is 24.4 Å². The quantitative estimate of drug-likeness (QED) is 0.335. The Hall–Kier alpha value is -4.21. The number of hydrogen-bond donors (Lipinski definition) is 2. The molecule has 0 aliphatic heterocycles. The van der Waals surface area contributed by atoms with E-state index < -0.39 is 17.6 Å². The van der Waals surface area contributed by atoms with Crippen LogP contribution in [0.3, 0.4) is 0 Å². The molecule has 5 nitrogen and oxygen atoms in total. The van der Waals surface area contributed by atoms with Gasteiger partial charge in [-0.05, 0) is 48.9 Å². The zero-order valence-electron chi connectivity index (χ0n) is 17.4. The predicted molar refractivity (Wildman–Crippen MR) is 125 cm³/mol. The Morgan fingerprint density at radius 1 is 0.939 bits per heavy atom. The summed E-state index contributed by atoms with van der Waals surface area (Å²) in [6.45, 7) is 1.88. The van der Waals surface area contributed by atoms with Crippen LogP contribution in [-0.4, -0.2) is 16.8 Å². The minimum absolute atomic E-state index is 0.0576. The number of benzene rings is 3. The Labute approximate surface area is 194 Å². The molecule has 0 bridgehead atoms. The minimum atomic E-state index is -0.859. The number of nitrogens with one attached hydrogen (secondary N) is 2. The van der Waals surface area contributed by atoms with E-state index in [0.717, 1.165) is 28.1 Å². The van der Waals surface area contributed by atoms with Crippen LogP contribution in [0.2, 0.25) is 5.02 Å². The highest BCUT2D eigenvalue weighted by molar-refractivity contribution is 6.33. The maximum absolute atomic E-state index is 13.9. The second-order valence-corrected chi connectivity index (χ2v) is 7.61. The molecule has 0 unspecified atom stereocenters. The summed E-state index contributed by atoms with van der Waals surface area (Å²) in [5.41, 5.74) is 7.55. The fourth-order valence-electron chi connectivity index (χ4n) is 3.14. The van der Waals surface area contributed by atoms with Gasteiger partial charge in [-0.15, -0.1) is 0 Å². The van der Waals surface area contributed by atoms with Gasteiger partial charge in [-0.25, -0.2) is 4.39 Å². The smallest absolute Gasteiger partial charge is 0.267 e. The summed E-state index contributed by atoms with van der Waals surface area (Å²) in [7, 11) is 0. The highest BCUT2D eigenvalue weighted by atomic mass is 35.5. The Balaban J connectivity index is 1.50. The number of halogens is 2. The number of amides is 2. The fourth-order valence-corrected chi connectivity index (χ4v) is 3.39. The van der Waals surface area contributed by atoms with E-state index in [9.17, 15) is 14.0 Å². The van der Waals surface area contributed by atoms with Gasteiger partial charge in [0.15, 0.2) is 0 Å². The van der Waals surface area contributed by atoms with Gasteiger partial charge in [0, 0.05) is 28.3 Å². The Morgan fingerprint density at radius 3 is 2.55 bits per heavy atom. The molecular weight excluding hydrogens is 441 g/mol. The van der Waals surface area contributed by atoms with E-state index in [-0.39, 0.29) is 16.1 Å². The zero-order valence-corrected chi connectivity index (χ0v) is 18.2. The lowest BCUT2D eigenvalue weighted by atomic mass is 10.0. The molecule has 0 saturated carbocycles. The van der Waals surface area contributed by atoms with Gasteiger partial charge in [-0.3, -0.25) is 25.4 Å². The molecule has 2 N–H and O–H groups in total. The standard InChI is InChI=1S/C26H17ClFN3O2/c1-16-9-11-20(25(32)30-31-26(33)24-21(27)6-4-7-22(24)28)14-18(16)12-10-17-13-19-5-2-3-8-23(19)29-15-17/h2-9,11,13-15H,1H3,(H,30,32)(H,31,33). The Morgan fingerprint density at radius 2 is 1.73 bits per heavy atom. The van der Waals surface area contributed by atoms with Gasteiger partial charge in [0.05, 0.1) is 16.1 Å². The van der Waals surface area contributed by atoms with Gasteiger partial charge in [0.1, 0.15) is 5.82 Å². The maximum Gasteiger partial charge on any atom is 0.274 e. The van der Waals surface area contributed by atoms with Crippen LogP contribution in [0.25, 0.3) is 10.9 Å². The number of carbonyl (C=O) groups excluding carboxylic acids is 2. The van der Waals surface area contributed by atoms with Crippen LogP contribution in [-0.2, 0) is 0 Å². The van der Waals surface area contributed by atoms with Crippen LogP contribution in [0.15, 0.2) is 72.9 Å². The second-order valence-electron chi connectivity index (χ2n) is 7.20. The summed E-state index contributed by atoms with van der Waals surface area (Å²) < 4.78 is 13.9. The first kappa shape index (κ1) is 22.0. The maximum atomic E-state index is 13.9. The number of aromatic nitrogens is 1. The van der Waals surface area contributed by atoms with Crippen LogP contribution in [0.1, 0.15) is 37.4 Å². The molecule has 0 aliphatic rings. The van der Waals surface area contributed by atoms with Crippen molar-refractivity contribution in [3.63, 3.8) is 0 Å². The van der Waals surface area contributed by atoms with Crippen molar-refractivity contribution in [3.8, 4) is 11.8 Å². The molecule has 162 valence electrons. The summed E-state index contributed by atoms with van der Waals surface area (Å²) in [6, 6.07) is 18.6. The lowest BCUT2D eigenvalue weighted by Gasteiger charge is -2.10. The van der Waals surface area contributed by atoms with Crippen molar-refractivity contribution in [1.82, 2.24) is 15.8 Å². The molecule has 0 atom stereocenters. The summed E-state index contributed by atoms with van der Waals surface area (Å²) in [6.07, 6.45) is 1.70. The topological polar surface area (TPSA) is 71.1 Å². The lowest BCUT2D eigenvalue weighted by Crippen LogP contribution is -2.42. The van der Waals surface area contributed by atoms with Crippen LogP contribution in [0, 0.1) is 24.6 Å². The summed E-state index contributed by atoms with van der Waals surface area (Å²) >= 11 is 5.88. The summed E-state index contributed by atoms with van der Waals surface area (Å²) in [5.74, 6) is 3.92. The molecule has 3 aromatic carbocycles. The average molecular weight is 458 g/mol. The van der Waals surface area contributed by atoms with Crippen molar-refractivity contribution < 1.29 is 14.0 Å². The first-order valence-corrected chi connectivity index (χ1v) is 10.3. The molecule has 33 heavy (non-hydrogen) atoms. The van der Waals surface area contributed by atoms with E-state index in [0.29, 0.717) is 5.56 Å². The van der Waals surface area contributed by atoms with E-state index in [2.05, 4.69) is 27.7 Å². The first-order chi connectivity index (χ1) is 15.9. The van der Waals surface area contributed by atoms with Gasteiger partial charge in [-0.2, -0.15) is 0 Å². The van der Waals surface area contributed by atoms with Gasteiger partial charge in [-0.1, -0.05) is 53.8 Å². The highest BCUT2D eigenvalue weighted by Crippen LogP contribution is 2.18. The van der Waals surface area contributed by atoms with Crippen LogP contribution < -0.4 is 10.9 Å². The normalized spacial score (nSPS) is 10.3. The van der Waals surface area contributed by atoms with Crippen LogP contribution >= 0.6 is 11.6 Å². The van der Waals surface area contributed by atoms with Crippen molar-refractivity contribution in [1.29, 1.82) is 0 Å². The molecule has 1 aromatic heterocycles. The molecular formula is C26H17ClFN3O2.